The average Bonchev–Trinajstić information content (AvgIpc) is 2.68. The van der Waals surface area contributed by atoms with Crippen LogP contribution in [0.15, 0.2) is 24.3 Å². The molecule has 0 atom stereocenters. The summed E-state index contributed by atoms with van der Waals surface area (Å²) in [6, 6.07) is 8.15. The number of thioether (sulfide) groups is 1. The maximum absolute atomic E-state index is 11.8. The first-order valence-corrected chi connectivity index (χ1v) is 11.6. The highest BCUT2D eigenvalue weighted by Crippen LogP contribution is 2.13. The fourth-order valence-corrected chi connectivity index (χ4v) is 4.05. The molecule has 0 aliphatic carbocycles. The largest absolute Gasteiger partial charge is 0.347 e. The van der Waals surface area contributed by atoms with E-state index in [0.29, 0.717) is 0 Å². The van der Waals surface area contributed by atoms with Gasteiger partial charge < -0.3 is 10.2 Å². The molecule has 1 N–H and O–H groups in total. The van der Waals surface area contributed by atoms with E-state index in [4.69, 9.17) is 11.6 Å². The van der Waals surface area contributed by atoms with Crippen LogP contribution in [0.25, 0.3) is 0 Å². The summed E-state index contributed by atoms with van der Waals surface area (Å²) in [4.78, 5) is 16.8. The van der Waals surface area contributed by atoms with E-state index in [1.165, 1.54) is 36.6 Å². The Kier molecular flexibility index (Phi) is 11.2. The summed E-state index contributed by atoms with van der Waals surface area (Å²) in [6.45, 7) is 9.55. The minimum absolute atomic E-state index is 0.138. The quantitative estimate of drug-likeness (QED) is 0.527. The van der Waals surface area contributed by atoms with Gasteiger partial charge >= 0.3 is 0 Å². The van der Waals surface area contributed by atoms with Crippen molar-refractivity contribution in [2.24, 2.45) is 0 Å². The molecule has 27 heavy (non-hydrogen) atoms. The molecular formula is C21H34ClN3OS. The SMILES string of the molecule is CCCCCCNC(=O)SCCCN1CCN(Cc2ccc(Cl)cc2)CC1. The molecule has 1 heterocycles. The van der Waals surface area contributed by atoms with E-state index in [0.717, 1.165) is 69.4 Å². The van der Waals surface area contributed by atoms with Crippen molar-refractivity contribution in [2.75, 3.05) is 45.0 Å². The average molecular weight is 412 g/mol. The molecule has 1 amide bonds. The van der Waals surface area contributed by atoms with Crippen molar-refractivity contribution >= 4 is 28.6 Å². The predicted octanol–water partition coefficient (Wildman–Crippen LogP) is 4.87. The third kappa shape index (κ3) is 9.84. The summed E-state index contributed by atoms with van der Waals surface area (Å²) in [5.74, 6) is 0.909. The standard InChI is InChI=1S/C21H34ClN3OS/c1-2-3-4-5-11-23-21(26)27-17-6-12-24-13-15-25(16-14-24)18-19-7-9-20(22)10-8-19/h7-10H,2-6,11-18H2,1H3,(H,23,26). The molecule has 0 saturated carbocycles. The Labute approximate surface area is 174 Å². The summed E-state index contributed by atoms with van der Waals surface area (Å²) in [6.07, 6.45) is 5.88. The number of hydrogen-bond acceptors (Lipinski definition) is 4. The molecule has 1 aromatic carbocycles. The van der Waals surface area contributed by atoms with Crippen LogP contribution in [0, 0.1) is 0 Å². The third-order valence-corrected chi connectivity index (χ3v) is 6.09. The zero-order chi connectivity index (χ0) is 19.3. The second-order valence-electron chi connectivity index (χ2n) is 7.22. The van der Waals surface area contributed by atoms with E-state index in [9.17, 15) is 4.79 Å². The fraction of sp³-hybridized carbons (Fsp3) is 0.667. The molecule has 0 unspecified atom stereocenters. The Hall–Kier alpha value is -0.750. The predicted molar refractivity (Wildman–Crippen MR) is 118 cm³/mol. The van der Waals surface area contributed by atoms with Crippen LogP contribution in [0.4, 0.5) is 4.79 Å². The van der Waals surface area contributed by atoms with Crippen molar-refractivity contribution in [1.82, 2.24) is 15.1 Å². The lowest BCUT2D eigenvalue weighted by atomic mass is 10.2. The summed E-state index contributed by atoms with van der Waals surface area (Å²) < 4.78 is 0. The molecule has 6 heteroatoms. The van der Waals surface area contributed by atoms with Crippen molar-refractivity contribution in [3.8, 4) is 0 Å². The first kappa shape index (κ1) is 22.5. The Morgan fingerprint density at radius 3 is 2.44 bits per heavy atom. The number of nitrogens with one attached hydrogen (secondary N) is 1. The summed E-state index contributed by atoms with van der Waals surface area (Å²) in [5, 5.41) is 3.94. The van der Waals surface area contributed by atoms with Gasteiger partial charge in [0, 0.05) is 50.0 Å². The normalized spacial score (nSPS) is 15.8. The second-order valence-corrected chi connectivity index (χ2v) is 8.73. The van der Waals surface area contributed by atoms with Crippen LogP contribution in [0.5, 0.6) is 0 Å². The molecule has 1 aliphatic rings. The van der Waals surface area contributed by atoms with Gasteiger partial charge in [-0.1, -0.05) is 61.7 Å². The molecule has 1 aliphatic heterocycles. The molecule has 4 nitrogen and oxygen atoms in total. The van der Waals surface area contributed by atoms with Crippen LogP contribution >= 0.6 is 23.4 Å². The Morgan fingerprint density at radius 1 is 1.04 bits per heavy atom. The van der Waals surface area contributed by atoms with Crippen molar-refractivity contribution in [3.05, 3.63) is 34.9 Å². The Morgan fingerprint density at radius 2 is 1.74 bits per heavy atom. The van der Waals surface area contributed by atoms with Crippen LogP contribution in [-0.2, 0) is 6.54 Å². The van der Waals surface area contributed by atoms with E-state index in [2.05, 4.69) is 34.2 Å². The smallest absolute Gasteiger partial charge is 0.279 e. The number of nitrogens with zero attached hydrogens (tertiary/aromatic N) is 2. The Bertz CT molecular complexity index is 533. The molecule has 0 aromatic heterocycles. The molecule has 1 fully saturated rings. The van der Waals surface area contributed by atoms with Crippen LogP contribution in [0.3, 0.4) is 0 Å². The summed E-state index contributed by atoms with van der Waals surface area (Å²) >= 11 is 7.38. The zero-order valence-electron chi connectivity index (χ0n) is 16.6. The second kappa shape index (κ2) is 13.4. The zero-order valence-corrected chi connectivity index (χ0v) is 18.2. The minimum atomic E-state index is 0.138. The third-order valence-electron chi connectivity index (χ3n) is 4.94. The number of carbonyl (C=O) groups is 1. The van der Waals surface area contributed by atoms with Gasteiger partial charge in [0.2, 0.25) is 0 Å². The van der Waals surface area contributed by atoms with E-state index >= 15 is 0 Å². The van der Waals surface area contributed by atoms with E-state index in [-0.39, 0.29) is 5.24 Å². The van der Waals surface area contributed by atoms with Gasteiger partial charge in [-0.3, -0.25) is 9.69 Å². The summed E-state index contributed by atoms with van der Waals surface area (Å²) in [5.41, 5.74) is 1.32. The van der Waals surface area contributed by atoms with Gasteiger partial charge in [-0.15, -0.1) is 0 Å². The van der Waals surface area contributed by atoms with Gasteiger partial charge in [-0.2, -0.15) is 0 Å². The number of carbonyl (C=O) groups excluding carboxylic acids is 1. The molecule has 0 spiro atoms. The first-order valence-electron chi connectivity index (χ1n) is 10.3. The minimum Gasteiger partial charge on any atom is -0.347 e. The maximum atomic E-state index is 11.8. The van der Waals surface area contributed by atoms with Crippen LogP contribution in [-0.4, -0.2) is 60.1 Å². The van der Waals surface area contributed by atoms with Gasteiger partial charge in [-0.05, 0) is 37.1 Å². The summed E-state index contributed by atoms with van der Waals surface area (Å²) in [7, 11) is 0. The fourth-order valence-electron chi connectivity index (χ4n) is 3.27. The van der Waals surface area contributed by atoms with Crippen molar-refractivity contribution in [2.45, 2.75) is 45.6 Å². The van der Waals surface area contributed by atoms with Crippen molar-refractivity contribution in [1.29, 1.82) is 0 Å². The lowest BCUT2D eigenvalue weighted by Gasteiger charge is -2.34. The number of rotatable bonds is 11. The Balaban J connectivity index is 1.48. The van der Waals surface area contributed by atoms with E-state index < -0.39 is 0 Å². The molecule has 0 bridgehead atoms. The number of hydrogen-bond donors (Lipinski definition) is 1. The number of benzene rings is 1. The highest BCUT2D eigenvalue weighted by atomic mass is 35.5. The van der Waals surface area contributed by atoms with E-state index in [1.54, 1.807) is 0 Å². The van der Waals surface area contributed by atoms with Gasteiger partial charge in [0.25, 0.3) is 5.24 Å². The first-order chi connectivity index (χ1) is 13.2. The number of amides is 1. The topological polar surface area (TPSA) is 35.6 Å². The van der Waals surface area contributed by atoms with Gasteiger partial charge in [0.15, 0.2) is 0 Å². The molecule has 152 valence electrons. The lowest BCUT2D eigenvalue weighted by molar-refractivity contribution is 0.127. The molecule has 0 radical (unpaired) electrons. The number of halogens is 1. The van der Waals surface area contributed by atoms with E-state index in [1.807, 2.05) is 12.1 Å². The highest BCUT2D eigenvalue weighted by Gasteiger charge is 2.16. The molecule has 1 saturated heterocycles. The van der Waals surface area contributed by atoms with Gasteiger partial charge in [-0.25, -0.2) is 0 Å². The molecular weight excluding hydrogens is 378 g/mol. The lowest BCUT2D eigenvalue weighted by Crippen LogP contribution is -2.46. The van der Waals surface area contributed by atoms with Crippen molar-refractivity contribution < 1.29 is 4.79 Å². The molecule has 2 rings (SSSR count). The van der Waals surface area contributed by atoms with Crippen LogP contribution < -0.4 is 5.32 Å². The monoisotopic (exact) mass is 411 g/mol. The number of unbranched alkanes of at least 4 members (excludes halogenated alkanes) is 3. The van der Waals surface area contributed by atoms with Crippen molar-refractivity contribution in [3.63, 3.8) is 0 Å². The van der Waals surface area contributed by atoms with Crippen LogP contribution in [0.2, 0.25) is 5.02 Å². The number of piperazine rings is 1. The molecule has 1 aromatic rings. The maximum Gasteiger partial charge on any atom is 0.279 e. The van der Waals surface area contributed by atoms with Crippen LogP contribution in [0.1, 0.15) is 44.6 Å². The van der Waals surface area contributed by atoms with Gasteiger partial charge in [0.1, 0.15) is 0 Å². The van der Waals surface area contributed by atoms with Gasteiger partial charge in [0.05, 0.1) is 0 Å². The highest BCUT2D eigenvalue weighted by molar-refractivity contribution is 8.13.